The quantitative estimate of drug-likeness (QED) is 0.701. The molecule has 3 aromatic rings. The summed E-state index contributed by atoms with van der Waals surface area (Å²) in [4.78, 5) is 15.2. The molecule has 4 rings (SSSR count). The minimum absolute atomic E-state index is 0.0717. The van der Waals surface area contributed by atoms with E-state index in [9.17, 15) is 4.79 Å². The third kappa shape index (κ3) is 3.88. The molecule has 0 N–H and O–H groups in total. The van der Waals surface area contributed by atoms with Crippen molar-refractivity contribution < 1.29 is 0 Å². The molecule has 0 spiro atoms. The van der Waals surface area contributed by atoms with E-state index in [4.69, 9.17) is 0 Å². The Balaban J connectivity index is 1.53. The summed E-state index contributed by atoms with van der Waals surface area (Å²) < 4.78 is 3.25. The first-order valence-corrected chi connectivity index (χ1v) is 9.70. The Morgan fingerprint density at radius 3 is 2.48 bits per heavy atom. The average Bonchev–Trinajstić information content (AvgIpc) is 3.03. The summed E-state index contributed by atoms with van der Waals surface area (Å²) in [6.07, 6.45) is 3.27. The topological polar surface area (TPSA) is 43.1 Å². The number of para-hydroxylation sites is 1. The summed E-state index contributed by atoms with van der Waals surface area (Å²) >= 11 is 0. The number of nitrogens with zero attached hydrogens (tertiary/aromatic N) is 4. The van der Waals surface area contributed by atoms with E-state index in [1.165, 1.54) is 10.2 Å². The molecule has 5 nitrogen and oxygen atoms in total. The standard InChI is InChI=1S/C22H26N4O/c1-24-22(27)26(20-12-6-3-7-13-20)21(23-24)19-11-8-15-25(17-19)16-14-18-9-4-2-5-10-18/h2-7,9-10,12-13,19H,8,11,14-17H2,1H3/t19-/m1/s1. The summed E-state index contributed by atoms with van der Waals surface area (Å²) in [6.45, 7) is 3.12. The largest absolute Gasteiger partial charge is 0.350 e. The minimum atomic E-state index is -0.0717. The lowest BCUT2D eigenvalue weighted by Crippen LogP contribution is -2.37. The van der Waals surface area contributed by atoms with Crippen molar-refractivity contribution in [3.05, 3.63) is 82.5 Å². The second-order valence-corrected chi connectivity index (χ2v) is 7.31. The van der Waals surface area contributed by atoms with Crippen LogP contribution in [-0.4, -0.2) is 38.9 Å². The van der Waals surface area contributed by atoms with E-state index < -0.39 is 0 Å². The average molecular weight is 362 g/mol. The Hall–Kier alpha value is -2.66. The molecule has 1 aromatic heterocycles. The van der Waals surface area contributed by atoms with Crippen molar-refractivity contribution in [2.24, 2.45) is 7.05 Å². The Bertz CT molecular complexity index is 930. The van der Waals surface area contributed by atoms with Crippen LogP contribution in [0.2, 0.25) is 0 Å². The maximum atomic E-state index is 12.7. The van der Waals surface area contributed by atoms with Crippen molar-refractivity contribution in [2.75, 3.05) is 19.6 Å². The van der Waals surface area contributed by atoms with E-state index in [1.54, 1.807) is 11.6 Å². The van der Waals surface area contributed by atoms with Crippen LogP contribution in [0.15, 0.2) is 65.5 Å². The summed E-state index contributed by atoms with van der Waals surface area (Å²) in [7, 11) is 1.74. The molecule has 0 unspecified atom stereocenters. The molecule has 0 amide bonds. The number of aromatic nitrogens is 3. The fourth-order valence-electron chi connectivity index (χ4n) is 3.97. The molecule has 2 aromatic carbocycles. The van der Waals surface area contributed by atoms with Gasteiger partial charge >= 0.3 is 5.69 Å². The lowest BCUT2D eigenvalue weighted by molar-refractivity contribution is 0.205. The van der Waals surface area contributed by atoms with Crippen molar-refractivity contribution in [3.63, 3.8) is 0 Å². The van der Waals surface area contributed by atoms with Gasteiger partial charge in [0, 0.05) is 26.1 Å². The van der Waals surface area contributed by atoms with E-state index in [-0.39, 0.29) is 11.6 Å². The van der Waals surface area contributed by atoms with Gasteiger partial charge in [0.1, 0.15) is 5.82 Å². The maximum absolute atomic E-state index is 12.7. The van der Waals surface area contributed by atoms with Crippen LogP contribution in [0.4, 0.5) is 0 Å². The molecule has 0 saturated carbocycles. The summed E-state index contributed by atoms with van der Waals surface area (Å²) in [6, 6.07) is 20.5. The zero-order valence-electron chi connectivity index (χ0n) is 15.8. The first-order chi connectivity index (χ1) is 13.2. The summed E-state index contributed by atoms with van der Waals surface area (Å²) in [5.74, 6) is 1.17. The summed E-state index contributed by atoms with van der Waals surface area (Å²) in [5.41, 5.74) is 2.20. The first kappa shape index (κ1) is 17.7. The molecule has 1 aliphatic rings. The van der Waals surface area contributed by atoms with Crippen LogP contribution in [0.5, 0.6) is 0 Å². The van der Waals surface area contributed by atoms with Crippen LogP contribution in [0, 0.1) is 0 Å². The van der Waals surface area contributed by atoms with Crippen LogP contribution in [0.3, 0.4) is 0 Å². The maximum Gasteiger partial charge on any atom is 0.350 e. The van der Waals surface area contributed by atoms with E-state index in [2.05, 4.69) is 40.3 Å². The number of hydrogen-bond donors (Lipinski definition) is 0. The van der Waals surface area contributed by atoms with Crippen molar-refractivity contribution in [1.82, 2.24) is 19.2 Å². The molecule has 1 saturated heterocycles. The molecule has 1 fully saturated rings. The Kier molecular flexibility index (Phi) is 5.21. The van der Waals surface area contributed by atoms with Crippen LogP contribution in [-0.2, 0) is 13.5 Å². The minimum Gasteiger partial charge on any atom is -0.302 e. The highest BCUT2D eigenvalue weighted by Gasteiger charge is 2.27. The second kappa shape index (κ2) is 7.92. The third-order valence-corrected chi connectivity index (χ3v) is 5.39. The number of benzene rings is 2. The number of aryl methyl sites for hydroxylation is 1. The zero-order valence-corrected chi connectivity index (χ0v) is 15.8. The lowest BCUT2D eigenvalue weighted by Gasteiger charge is -2.32. The van der Waals surface area contributed by atoms with Crippen molar-refractivity contribution in [3.8, 4) is 5.69 Å². The van der Waals surface area contributed by atoms with Gasteiger partial charge in [-0.25, -0.2) is 14.0 Å². The van der Waals surface area contributed by atoms with E-state index >= 15 is 0 Å². The van der Waals surface area contributed by atoms with Crippen molar-refractivity contribution in [2.45, 2.75) is 25.2 Å². The molecule has 2 heterocycles. The van der Waals surface area contributed by atoms with Gasteiger partial charge in [0.15, 0.2) is 0 Å². The molecule has 140 valence electrons. The predicted molar refractivity (Wildman–Crippen MR) is 107 cm³/mol. The van der Waals surface area contributed by atoms with Gasteiger partial charge in [0.2, 0.25) is 0 Å². The highest BCUT2D eigenvalue weighted by molar-refractivity contribution is 5.33. The first-order valence-electron chi connectivity index (χ1n) is 9.70. The molecular weight excluding hydrogens is 336 g/mol. The SMILES string of the molecule is Cn1nc([C@@H]2CCCN(CCc3ccccc3)C2)n(-c2ccccc2)c1=O. The van der Waals surface area contributed by atoms with Crippen LogP contribution in [0.25, 0.3) is 5.69 Å². The molecule has 1 aliphatic heterocycles. The number of rotatable bonds is 5. The van der Waals surface area contributed by atoms with E-state index in [1.807, 2.05) is 30.3 Å². The van der Waals surface area contributed by atoms with Gasteiger partial charge in [-0.05, 0) is 43.5 Å². The zero-order chi connectivity index (χ0) is 18.6. The highest BCUT2D eigenvalue weighted by Crippen LogP contribution is 2.26. The van der Waals surface area contributed by atoms with Gasteiger partial charge in [0.05, 0.1) is 5.69 Å². The van der Waals surface area contributed by atoms with Crippen molar-refractivity contribution in [1.29, 1.82) is 0 Å². The van der Waals surface area contributed by atoms with Gasteiger partial charge in [0.25, 0.3) is 0 Å². The second-order valence-electron chi connectivity index (χ2n) is 7.31. The normalized spacial score (nSPS) is 17.9. The number of piperidine rings is 1. The van der Waals surface area contributed by atoms with Gasteiger partial charge in [-0.3, -0.25) is 0 Å². The lowest BCUT2D eigenvalue weighted by atomic mass is 9.96. The molecule has 0 radical (unpaired) electrons. The van der Waals surface area contributed by atoms with Crippen LogP contribution in [0.1, 0.15) is 30.1 Å². The van der Waals surface area contributed by atoms with Gasteiger partial charge < -0.3 is 4.90 Å². The number of likely N-dealkylation sites (tertiary alicyclic amines) is 1. The van der Waals surface area contributed by atoms with Gasteiger partial charge in [-0.15, -0.1) is 0 Å². The van der Waals surface area contributed by atoms with Gasteiger partial charge in [-0.1, -0.05) is 48.5 Å². The fourth-order valence-corrected chi connectivity index (χ4v) is 3.97. The monoisotopic (exact) mass is 362 g/mol. The Morgan fingerprint density at radius 2 is 1.74 bits per heavy atom. The number of hydrogen-bond acceptors (Lipinski definition) is 3. The fraction of sp³-hybridized carbons (Fsp3) is 0.364. The highest BCUT2D eigenvalue weighted by atomic mass is 16.2. The molecule has 1 atom stereocenters. The van der Waals surface area contributed by atoms with E-state index in [0.29, 0.717) is 0 Å². The van der Waals surface area contributed by atoms with Crippen LogP contribution < -0.4 is 5.69 Å². The molecule has 0 aliphatic carbocycles. The summed E-state index contributed by atoms with van der Waals surface area (Å²) in [5, 5.41) is 4.60. The molecule has 0 bridgehead atoms. The predicted octanol–water partition coefficient (Wildman–Crippen LogP) is 2.99. The Labute approximate surface area is 159 Å². The molecule has 27 heavy (non-hydrogen) atoms. The molecule has 5 heteroatoms. The van der Waals surface area contributed by atoms with Gasteiger partial charge in [-0.2, -0.15) is 5.10 Å². The van der Waals surface area contributed by atoms with Crippen molar-refractivity contribution >= 4 is 0 Å². The Morgan fingerprint density at radius 1 is 1.04 bits per heavy atom. The van der Waals surface area contributed by atoms with E-state index in [0.717, 1.165) is 50.4 Å². The molecular formula is C22H26N4O. The third-order valence-electron chi connectivity index (χ3n) is 5.39. The van der Waals surface area contributed by atoms with Crippen LogP contribution >= 0.6 is 0 Å². The smallest absolute Gasteiger partial charge is 0.302 e.